The molecule has 5 nitrogen and oxygen atoms in total. The summed E-state index contributed by atoms with van der Waals surface area (Å²) in [5.41, 5.74) is 1.03. The van der Waals surface area contributed by atoms with Crippen LogP contribution in [0, 0.1) is 5.92 Å². The SMILES string of the molecule is COc1ccc(OC)c(C(C)N2CCCC(C(=O)O)C2)c1. The minimum Gasteiger partial charge on any atom is -0.497 e. The fourth-order valence-electron chi connectivity index (χ4n) is 2.92. The topological polar surface area (TPSA) is 59.0 Å². The third-order valence-electron chi connectivity index (χ3n) is 4.24. The Labute approximate surface area is 125 Å². The molecule has 1 aromatic rings. The van der Waals surface area contributed by atoms with Crippen LogP contribution in [0.15, 0.2) is 18.2 Å². The molecule has 1 fully saturated rings. The lowest BCUT2D eigenvalue weighted by molar-refractivity contribution is -0.143. The average Bonchev–Trinajstić information content (AvgIpc) is 2.53. The highest BCUT2D eigenvalue weighted by atomic mass is 16.5. The van der Waals surface area contributed by atoms with Gasteiger partial charge in [-0.25, -0.2) is 0 Å². The zero-order chi connectivity index (χ0) is 15.4. The molecule has 1 heterocycles. The van der Waals surface area contributed by atoms with E-state index >= 15 is 0 Å². The van der Waals surface area contributed by atoms with E-state index in [0.717, 1.165) is 36.4 Å². The van der Waals surface area contributed by atoms with Gasteiger partial charge in [-0.05, 0) is 44.5 Å². The smallest absolute Gasteiger partial charge is 0.307 e. The number of carbonyl (C=O) groups is 1. The highest BCUT2D eigenvalue weighted by Crippen LogP contribution is 2.34. The lowest BCUT2D eigenvalue weighted by Gasteiger charge is -2.36. The van der Waals surface area contributed by atoms with Gasteiger partial charge >= 0.3 is 5.97 Å². The lowest BCUT2D eigenvalue weighted by atomic mass is 9.95. The van der Waals surface area contributed by atoms with Gasteiger partial charge in [-0.1, -0.05) is 0 Å². The van der Waals surface area contributed by atoms with Gasteiger partial charge in [-0.3, -0.25) is 9.69 Å². The zero-order valence-electron chi connectivity index (χ0n) is 12.8. The van der Waals surface area contributed by atoms with Crippen LogP contribution in [0.5, 0.6) is 11.5 Å². The Morgan fingerprint density at radius 3 is 2.76 bits per heavy atom. The number of rotatable bonds is 5. The van der Waals surface area contributed by atoms with Crippen molar-refractivity contribution in [3.63, 3.8) is 0 Å². The molecule has 2 rings (SSSR count). The molecule has 2 unspecified atom stereocenters. The standard InChI is InChI=1S/C16H23NO4/c1-11(17-8-4-5-12(10-17)16(18)19)14-9-13(20-2)6-7-15(14)21-3/h6-7,9,11-12H,4-5,8,10H2,1-3H3,(H,18,19). The van der Waals surface area contributed by atoms with Crippen molar-refractivity contribution in [1.29, 1.82) is 0 Å². The second kappa shape index (κ2) is 6.80. The highest BCUT2D eigenvalue weighted by molar-refractivity contribution is 5.70. The number of piperidine rings is 1. The van der Waals surface area contributed by atoms with Crippen LogP contribution >= 0.6 is 0 Å². The van der Waals surface area contributed by atoms with Gasteiger partial charge in [0.2, 0.25) is 0 Å². The Balaban J connectivity index is 2.22. The van der Waals surface area contributed by atoms with Crippen molar-refractivity contribution in [1.82, 2.24) is 4.90 Å². The van der Waals surface area contributed by atoms with Gasteiger partial charge in [-0.15, -0.1) is 0 Å². The molecular formula is C16H23NO4. The fourth-order valence-corrected chi connectivity index (χ4v) is 2.92. The fraction of sp³-hybridized carbons (Fsp3) is 0.562. The normalized spacial score (nSPS) is 20.8. The van der Waals surface area contributed by atoms with Crippen LogP contribution in [0.25, 0.3) is 0 Å². The van der Waals surface area contributed by atoms with E-state index < -0.39 is 5.97 Å². The summed E-state index contributed by atoms with van der Waals surface area (Å²) < 4.78 is 10.7. The molecule has 116 valence electrons. The zero-order valence-corrected chi connectivity index (χ0v) is 12.8. The summed E-state index contributed by atoms with van der Waals surface area (Å²) >= 11 is 0. The van der Waals surface area contributed by atoms with E-state index in [-0.39, 0.29) is 12.0 Å². The summed E-state index contributed by atoms with van der Waals surface area (Å²) in [6, 6.07) is 5.82. The molecule has 1 aliphatic heterocycles. The second-order valence-corrected chi connectivity index (χ2v) is 5.46. The van der Waals surface area contributed by atoms with E-state index in [0.29, 0.717) is 6.54 Å². The molecule has 0 radical (unpaired) electrons. The van der Waals surface area contributed by atoms with E-state index in [9.17, 15) is 9.90 Å². The van der Waals surface area contributed by atoms with Crippen LogP contribution in [0.4, 0.5) is 0 Å². The molecule has 0 aromatic heterocycles. The average molecular weight is 293 g/mol. The van der Waals surface area contributed by atoms with Gasteiger partial charge in [0.15, 0.2) is 0 Å². The molecule has 1 saturated heterocycles. The maximum absolute atomic E-state index is 11.2. The van der Waals surface area contributed by atoms with Crippen LogP contribution < -0.4 is 9.47 Å². The summed E-state index contributed by atoms with van der Waals surface area (Å²) in [7, 11) is 3.28. The number of hydrogen-bond donors (Lipinski definition) is 1. The van der Waals surface area contributed by atoms with Crippen molar-refractivity contribution in [2.24, 2.45) is 5.92 Å². The second-order valence-electron chi connectivity index (χ2n) is 5.46. The molecule has 0 aliphatic carbocycles. The van der Waals surface area contributed by atoms with Gasteiger partial charge in [0, 0.05) is 18.2 Å². The maximum atomic E-state index is 11.2. The molecule has 5 heteroatoms. The van der Waals surface area contributed by atoms with Crippen molar-refractivity contribution < 1.29 is 19.4 Å². The number of nitrogens with zero attached hydrogens (tertiary/aromatic N) is 1. The van der Waals surface area contributed by atoms with E-state index in [1.165, 1.54) is 0 Å². The van der Waals surface area contributed by atoms with Crippen LogP contribution in [0.1, 0.15) is 31.4 Å². The quantitative estimate of drug-likeness (QED) is 0.904. The predicted molar refractivity (Wildman–Crippen MR) is 79.9 cm³/mol. The first kappa shape index (κ1) is 15.6. The van der Waals surface area contributed by atoms with Crippen molar-refractivity contribution in [3.8, 4) is 11.5 Å². The Morgan fingerprint density at radius 2 is 2.14 bits per heavy atom. The summed E-state index contributed by atoms with van der Waals surface area (Å²) in [6.07, 6.45) is 1.67. The number of likely N-dealkylation sites (tertiary alicyclic amines) is 1. The number of carboxylic acid groups (broad SMARTS) is 1. The van der Waals surface area contributed by atoms with Gasteiger partial charge in [-0.2, -0.15) is 0 Å². The number of methoxy groups -OCH3 is 2. The first-order valence-corrected chi connectivity index (χ1v) is 7.25. The molecular weight excluding hydrogens is 270 g/mol. The van der Waals surface area contributed by atoms with Gasteiger partial charge in [0.25, 0.3) is 0 Å². The van der Waals surface area contributed by atoms with E-state index in [1.54, 1.807) is 14.2 Å². The van der Waals surface area contributed by atoms with Gasteiger partial charge in [0.1, 0.15) is 11.5 Å². The molecule has 2 atom stereocenters. The summed E-state index contributed by atoms with van der Waals surface area (Å²) in [5, 5.41) is 9.22. The van der Waals surface area contributed by atoms with Gasteiger partial charge in [0.05, 0.1) is 20.1 Å². The molecule has 0 amide bonds. The monoisotopic (exact) mass is 293 g/mol. The Hall–Kier alpha value is -1.75. The maximum Gasteiger partial charge on any atom is 0.307 e. The third kappa shape index (κ3) is 3.47. The Kier molecular flexibility index (Phi) is 5.07. The molecule has 1 N–H and O–H groups in total. The third-order valence-corrected chi connectivity index (χ3v) is 4.24. The van der Waals surface area contributed by atoms with Crippen molar-refractivity contribution in [2.45, 2.75) is 25.8 Å². The number of hydrogen-bond acceptors (Lipinski definition) is 4. The Morgan fingerprint density at radius 1 is 1.38 bits per heavy atom. The van der Waals surface area contributed by atoms with Crippen LogP contribution in [0.2, 0.25) is 0 Å². The molecule has 0 saturated carbocycles. The predicted octanol–water partition coefficient (Wildman–Crippen LogP) is 2.56. The molecule has 1 aromatic carbocycles. The van der Waals surface area contributed by atoms with Crippen molar-refractivity contribution in [2.75, 3.05) is 27.3 Å². The summed E-state index contributed by atoms with van der Waals surface area (Å²) in [5.74, 6) is 0.604. The van der Waals surface area contributed by atoms with Crippen LogP contribution in [-0.2, 0) is 4.79 Å². The number of carboxylic acids is 1. The minimum absolute atomic E-state index is 0.0946. The van der Waals surface area contributed by atoms with Crippen molar-refractivity contribution in [3.05, 3.63) is 23.8 Å². The molecule has 21 heavy (non-hydrogen) atoms. The molecule has 0 bridgehead atoms. The van der Waals surface area contributed by atoms with E-state index in [1.807, 2.05) is 18.2 Å². The summed E-state index contributed by atoms with van der Waals surface area (Å²) in [6.45, 7) is 3.57. The highest BCUT2D eigenvalue weighted by Gasteiger charge is 2.29. The lowest BCUT2D eigenvalue weighted by Crippen LogP contribution is -2.40. The minimum atomic E-state index is -0.704. The van der Waals surface area contributed by atoms with Crippen LogP contribution in [0.3, 0.4) is 0 Å². The Bertz CT molecular complexity index is 503. The number of benzene rings is 1. The van der Waals surface area contributed by atoms with Crippen LogP contribution in [-0.4, -0.2) is 43.3 Å². The molecule has 0 spiro atoms. The largest absolute Gasteiger partial charge is 0.497 e. The first-order valence-electron chi connectivity index (χ1n) is 7.25. The van der Waals surface area contributed by atoms with E-state index in [2.05, 4.69) is 11.8 Å². The molecule has 1 aliphatic rings. The number of ether oxygens (including phenoxy) is 2. The first-order chi connectivity index (χ1) is 10.1. The summed E-state index contributed by atoms with van der Waals surface area (Å²) in [4.78, 5) is 13.4. The van der Waals surface area contributed by atoms with Crippen molar-refractivity contribution >= 4 is 5.97 Å². The number of aliphatic carboxylic acids is 1. The van der Waals surface area contributed by atoms with Gasteiger partial charge < -0.3 is 14.6 Å². The van der Waals surface area contributed by atoms with E-state index in [4.69, 9.17) is 9.47 Å².